The maximum absolute atomic E-state index is 12.7. The number of fused-ring (bicyclic) bond motifs is 2. The second-order valence-electron chi connectivity index (χ2n) is 9.23. The number of carbonyl (C=O) groups is 3. The van der Waals surface area contributed by atoms with Crippen LogP contribution in [0.15, 0.2) is 18.3 Å². The average molecular weight is 521 g/mol. The third-order valence-corrected chi connectivity index (χ3v) is 5.71. The van der Waals surface area contributed by atoms with Crippen LogP contribution in [0.25, 0.3) is 5.70 Å². The summed E-state index contributed by atoms with van der Waals surface area (Å²) in [6, 6.07) is -0.297. The summed E-state index contributed by atoms with van der Waals surface area (Å²) < 4.78 is 43.8. The Kier molecular flexibility index (Phi) is 7.88. The van der Waals surface area contributed by atoms with E-state index in [-0.39, 0.29) is 54.4 Å². The molecule has 0 aromatic carbocycles. The molecule has 2 fully saturated rings. The largest absolute Gasteiger partial charge is 1.00 e. The zero-order valence-electron chi connectivity index (χ0n) is 19.8. The Bertz CT molecular complexity index is 1150. The third-order valence-electron chi connectivity index (χ3n) is 5.37. The second-order valence-corrected chi connectivity index (χ2v) is 10.2. The fraction of sp³-hybridized carbons (Fsp3) is 0.579. The quantitative estimate of drug-likeness (QED) is 0.241. The molecule has 0 saturated carbocycles. The fourth-order valence-corrected chi connectivity index (χ4v) is 4.32. The van der Waals surface area contributed by atoms with Gasteiger partial charge in [-0.25, -0.2) is 22.7 Å². The summed E-state index contributed by atoms with van der Waals surface area (Å²) in [7, 11) is -5.11. The Morgan fingerprint density at radius 1 is 1.26 bits per heavy atom. The van der Waals surface area contributed by atoms with Gasteiger partial charge in [0.25, 0.3) is 5.91 Å². The number of hydrogen-bond donors (Lipinski definition) is 1. The normalized spacial score (nSPS) is 22.1. The molecular weight excluding hydrogens is 495 g/mol. The van der Waals surface area contributed by atoms with E-state index in [0.717, 1.165) is 0 Å². The Labute approximate surface area is 224 Å². The zero-order chi connectivity index (χ0) is 24.8. The summed E-state index contributed by atoms with van der Waals surface area (Å²) in [6.07, 6.45) is 3.24. The van der Waals surface area contributed by atoms with Gasteiger partial charge >= 0.3 is 41.7 Å². The van der Waals surface area contributed by atoms with Crippen molar-refractivity contribution < 1.29 is 65.9 Å². The summed E-state index contributed by atoms with van der Waals surface area (Å²) in [4.78, 5) is 40.0. The van der Waals surface area contributed by atoms with E-state index in [1.54, 1.807) is 31.7 Å². The number of nitrogens with zero attached hydrogens (tertiary/aromatic N) is 5. The molecule has 0 aliphatic carbocycles. The van der Waals surface area contributed by atoms with Gasteiger partial charge in [0.15, 0.2) is 5.69 Å². The minimum absolute atomic E-state index is 0. The van der Waals surface area contributed by atoms with E-state index in [4.69, 9.17) is 4.74 Å². The van der Waals surface area contributed by atoms with Crippen LogP contribution in [-0.2, 0) is 19.4 Å². The molecule has 3 aliphatic rings. The van der Waals surface area contributed by atoms with E-state index < -0.39 is 40.1 Å². The van der Waals surface area contributed by atoms with E-state index >= 15 is 0 Å². The number of ether oxygens (including phenoxy) is 1. The molecule has 0 spiro atoms. The van der Waals surface area contributed by atoms with Crippen molar-refractivity contribution in [1.29, 1.82) is 0 Å². The van der Waals surface area contributed by atoms with Crippen LogP contribution in [0, 0.1) is 0 Å². The topological polar surface area (TPSA) is 166 Å². The molecule has 0 radical (unpaired) electrons. The molecule has 1 unspecified atom stereocenters. The number of rotatable bonds is 5. The molecule has 2 bridgehead atoms. The molecule has 4 heterocycles. The predicted molar refractivity (Wildman–Crippen MR) is 114 cm³/mol. The Hall–Kier alpha value is -2.17. The molecule has 4 amide bonds. The monoisotopic (exact) mass is 520 g/mol. The number of aromatic nitrogens is 2. The van der Waals surface area contributed by atoms with Crippen molar-refractivity contribution in [3.05, 3.63) is 24.0 Å². The van der Waals surface area contributed by atoms with Gasteiger partial charge in [-0.2, -0.15) is 14.4 Å². The first-order valence-electron chi connectivity index (χ1n) is 10.6. The van der Waals surface area contributed by atoms with Crippen molar-refractivity contribution in [2.45, 2.75) is 44.9 Å². The van der Waals surface area contributed by atoms with E-state index in [1.165, 1.54) is 21.8 Å². The van der Waals surface area contributed by atoms with Crippen LogP contribution in [0.3, 0.4) is 0 Å². The number of urea groups is 1. The van der Waals surface area contributed by atoms with Crippen LogP contribution >= 0.6 is 0 Å². The number of amides is 4. The van der Waals surface area contributed by atoms with Gasteiger partial charge in [-0.05, 0) is 39.3 Å². The van der Waals surface area contributed by atoms with Gasteiger partial charge in [0, 0.05) is 31.9 Å². The van der Waals surface area contributed by atoms with E-state index in [1.807, 2.05) is 0 Å². The van der Waals surface area contributed by atoms with E-state index in [0.29, 0.717) is 30.3 Å². The number of nitrogens with one attached hydrogen (secondary N) is 1. The molecule has 186 valence electrons. The fourth-order valence-electron chi connectivity index (χ4n) is 3.95. The molecule has 4 rings (SSSR count). The van der Waals surface area contributed by atoms with E-state index in [2.05, 4.69) is 14.7 Å². The summed E-state index contributed by atoms with van der Waals surface area (Å²) in [5.74, 6) is -0.423. The molecule has 16 heteroatoms. The number of likely N-dealkylation sites (tertiary alicyclic amines) is 1. The minimum atomic E-state index is -5.11. The predicted octanol–water partition coefficient (Wildman–Crippen LogP) is -3.02. The Morgan fingerprint density at radius 2 is 1.97 bits per heavy atom. The molecular formula is C19H25N6NaO8S. The van der Waals surface area contributed by atoms with Crippen LogP contribution < -0.4 is 34.9 Å². The Balaban J connectivity index is 0.00000342. The Morgan fingerprint density at radius 3 is 2.63 bits per heavy atom. The smallest absolute Gasteiger partial charge is 0.724 e. The van der Waals surface area contributed by atoms with Crippen LogP contribution in [0.2, 0.25) is 0 Å². The van der Waals surface area contributed by atoms with Gasteiger partial charge in [-0.15, -0.1) is 0 Å². The molecule has 1 aromatic heterocycles. The SMILES string of the molecule is CC(C)(C)OC(=O)N1CC[C@H](NC(=O)c2ccn(C3=CC4CN(C3)C(=O)N4OS(=O)(=O)[O-])n2)C1.[Na+]. The van der Waals surface area contributed by atoms with Gasteiger partial charge in [0.2, 0.25) is 10.4 Å². The van der Waals surface area contributed by atoms with Gasteiger partial charge in [-0.3, -0.25) is 4.79 Å². The maximum Gasteiger partial charge on any atom is 1.00 e. The summed E-state index contributed by atoms with van der Waals surface area (Å²) in [6.45, 7) is 6.38. The first-order valence-corrected chi connectivity index (χ1v) is 11.9. The third kappa shape index (κ3) is 6.54. The van der Waals surface area contributed by atoms with Crippen molar-refractivity contribution >= 4 is 34.1 Å². The van der Waals surface area contributed by atoms with Crippen LogP contribution in [0.5, 0.6) is 0 Å². The van der Waals surface area contributed by atoms with Gasteiger partial charge in [0.05, 0.1) is 12.2 Å². The molecule has 2 atom stereocenters. The number of hydroxylamine groups is 2. The molecule has 1 aromatic rings. The minimum Gasteiger partial charge on any atom is -0.724 e. The average Bonchev–Trinajstić information content (AvgIpc) is 3.42. The van der Waals surface area contributed by atoms with Gasteiger partial charge in [-0.1, -0.05) is 0 Å². The standard InChI is InChI=1S/C19H26N6O8S.Na/c1-19(2,3)32-18(28)22-6-4-12(9-22)20-16(26)15-5-7-24(21-15)13-8-14-11-23(10-13)17(27)25(14)33-34(29,30)31;/h5,7-8,12,14H,4,6,9-11H2,1-3H3,(H,20,26)(H,29,30,31);/q;+1/p-1/t12-,14?;/m0./s1. The first kappa shape index (κ1) is 27.4. The van der Waals surface area contributed by atoms with Crippen molar-refractivity contribution in [3.63, 3.8) is 0 Å². The van der Waals surface area contributed by atoms with Crippen molar-refractivity contribution in [2.75, 3.05) is 26.2 Å². The molecule has 1 N–H and O–H groups in total. The van der Waals surface area contributed by atoms with Crippen molar-refractivity contribution in [1.82, 2.24) is 30.0 Å². The molecule has 2 saturated heterocycles. The van der Waals surface area contributed by atoms with Crippen LogP contribution in [0.4, 0.5) is 9.59 Å². The first-order chi connectivity index (χ1) is 15.8. The summed E-state index contributed by atoms with van der Waals surface area (Å²) in [5, 5.41) is 7.62. The molecule has 3 aliphatic heterocycles. The van der Waals surface area contributed by atoms with Crippen molar-refractivity contribution in [3.8, 4) is 0 Å². The second kappa shape index (κ2) is 10.1. The number of hydrogen-bond acceptors (Lipinski definition) is 9. The molecule has 14 nitrogen and oxygen atoms in total. The summed E-state index contributed by atoms with van der Waals surface area (Å²) >= 11 is 0. The van der Waals surface area contributed by atoms with Crippen LogP contribution in [0.1, 0.15) is 37.7 Å². The zero-order valence-corrected chi connectivity index (χ0v) is 22.6. The van der Waals surface area contributed by atoms with E-state index in [9.17, 15) is 27.4 Å². The summed E-state index contributed by atoms with van der Waals surface area (Å²) in [5.41, 5.74) is 0.0349. The van der Waals surface area contributed by atoms with Crippen molar-refractivity contribution in [2.24, 2.45) is 0 Å². The van der Waals surface area contributed by atoms with Gasteiger partial charge < -0.3 is 24.4 Å². The maximum atomic E-state index is 12.7. The molecule has 35 heavy (non-hydrogen) atoms. The van der Waals surface area contributed by atoms with Gasteiger partial charge in [0.1, 0.15) is 11.6 Å². The van der Waals surface area contributed by atoms with Crippen LogP contribution in [-0.4, -0.2) is 99.5 Å². The number of carbonyl (C=O) groups excluding carboxylic acids is 3.